The molecule has 0 saturated carbocycles. The first-order chi connectivity index (χ1) is 12.9. The van der Waals surface area contributed by atoms with E-state index in [0.717, 1.165) is 17.2 Å². The Morgan fingerprint density at radius 2 is 2.07 bits per heavy atom. The molecule has 153 valence electrons. The van der Waals surface area contributed by atoms with E-state index in [1.54, 1.807) is 10.7 Å². The lowest BCUT2D eigenvalue weighted by Crippen LogP contribution is -2.27. The van der Waals surface area contributed by atoms with Crippen molar-refractivity contribution in [2.45, 2.75) is 44.4 Å². The van der Waals surface area contributed by atoms with E-state index < -0.39 is 22.9 Å². The number of carbonyl (C=O) groups is 1. The highest BCUT2D eigenvalue weighted by atomic mass is 35.5. The molecular formula is C17H21ClF2N5O3. The van der Waals surface area contributed by atoms with Gasteiger partial charge in [0.25, 0.3) is 5.91 Å². The minimum Gasteiger partial charge on any atom is -0.400 e. The van der Waals surface area contributed by atoms with Gasteiger partial charge >= 0.3 is 5.57 Å². The third kappa shape index (κ3) is 4.61. The Morgan fingerprint density at radius 1 is 1.36 bits per heavy atom. The van der Waals surface area contributed by atoms with Crippen LogP contribution in [-0.2, 0) is 17.3 Å². The number of amides is 1. The van der Waals surface area contributed by atoms with Gasteiger partial charge in [-0.05, 0) is 33.6 Å². The van der Waals surface area contributed by atoms with E-state index in [9.17, 15) is 13.6 Å². The number of nitrogens with one attached hydrogen (secondary N) is 1. The molecule has 8 nitrogen and oxygen atoms in total. The van der Waals surface area contributed by atoms with Gasteiger partial charge in [0, 0.05) is 30.8 Å². The molecule has 3 rings (SSSR count). The van der Waals surface area contributed by atoms with Crippen LogP contribution in [0.15, 0.2) is 12.1 Å². The van der Waals surface area contributed by atoms with Gasteiger partial charge in [-0.3, -0.25) is 9.48 Å². The van der Waals surface area contributed by atoms with Crippen LogP contribution < -0.4 is 10.1 Å². The number of anilines is 1. The summed E-state index contributed by atoms with van der Waals surface area (Å²) >= 11 is 4.74. The summed E-state index contributed by atoms with van der Waals surface area (Å²) in [4.78, 5) is 12.7. The summed E-state index contributed by atoms with van der Waals surface area (Å²) in [5.74, 6) is -0.569. The number of aryl methyl sites for hydroxylation is 1. The fraction of sp³-hybridized carbons (Fsp3) is 0.529. The minimum atomic E-state index is -3.92. The van der Waals surface area contributed by atoms with Crippen molar-refractivity contribution >= 4 is 23.3 Å². The Balaban J connectivity index is 1.85. The smallest absolute Gasteiger partial charge is 0.400 e. The molecule has 1 radical (unpaired) electrons. The van der Waals surface area contributed by atoms with E-state index in [1.165, 1.54) is 7.05 Å². The molecule has 3 heterocycles. The number of ether oxygens (including phenoxy) is 2. The number of carbonyl (C=O) groups excluding carboxylic acids is 1. The highest BCUT2D eigenvalue weighted by Crippen LogP contribution is 2.31. The van der Waals surface area contributed by atoms with Crippen LogP contribution >= 0.6 is 11.6 Å². The van der Waals surface area contributed by atoms with Crippen molar-refractivity contribution in [2.75, 3.05) is 11.9 Å². The van der Waals surface area contributed by atoms with Gasteiger partial charge in [-0.25, -0.2) is 4.68 Å². The summed E-state index contributed by atoms with van der Waals surface area (Å²) in [7, 11) is 1.43. The van der Waals surface area contributed by atoms with E-state index >= 15 is 0 Å². The maximum atomic E-state index is 12.8. The molecule has 1 aliphatic heterocycles. The summed E-state index contributed by atoms with van der Waals surface area (Å²) < 4.78 is 38.2. The molecule has 1 N–H and O–H groups in total. The number of aromatic nitrogens is 4. The van der Waals surface area contributed by atoms with Crippen LogP contribution in [0.3, 0.4) is 0 Å². The van der Waals surface area contributed by atoms with Crippen molar-refractivity contribution < 1.29 is 23.0 Å². The molecule has 0 spiro atoms. The maximum absolute atomic E-state index is 12.8. The topological polar surface area (TPSA) is 83.2 Å². The van der Waals surface area contributed by atoms with E-state index in [2.05, 4.69) is 20.3 Å². The zero-order chi connectivity index (χ0) is 20.7. The average molecular weight is 417 g/mol. The van der Waals surface area contributed by atoms with Crippen molar-refractivity contribution in [3.63, 3.8) is 0 Å². The number of nitrogens with zero attached hydrogens (tertiary/aromatic N) is 4. The zero-order valence-electron chi connectivity index (χ0n) is 15.9. The fourth-order valence-electron chi connectivity index (χ4n) is 2.84. The number of halogens is 3. The first-order valence-electron chi connectivity index (χ1n) is 8.59. The molecule has 1 atom stereocenters. The summed E-state index contributed by atoms with van der Waals surface area (Å²) in [6, 6.07) is 2.83. The monoisotopic (exact) mass is 416 g/mol. The quantitative estimate of drug-likeness (QED) is 0.755. The Hall–Kier alpha value is -2.20. The van der Waals surface area contributed by atoms with Gasteiger partial charge in [-0.1, -0.05) is 0 Å². The molecule has 1 fully saturated rings. The molecule has 0 unspecified atom stereocenters. The Bertz CT molecular complexity index is 863. The summed E-state index contributed by atoms with van der Waals surface area (Å²) in [6.45, 7) is 6.39. The second-order valence-electron chi connectivity index (χ2n) is 7.38. The Labute approximate surface area is 165 Å². The van der Waals surface area contributed by atoms with Crippen LogP contribution in [-0.4, -0.2) is 37.6 Å². The van der Waals surface area contributed by atoms with Crippen LogP contribution in [0.25, 0.3) is 0 Å². The summed E-state index contributed by atoms with van der Waals surface area (Å²) in [5.41, 5.74) is -3.61. The van der Waals surface area contributed by atoms with E-state index in [4.69, 9.17) is 16.3 Å². The molecule has 0 aromatic carbocycles. The van der Waals surface area contributed by atoms with Crippen molar-refractivity contribution in [1.82, 2.24) is 19.6 Å². The van der Waals surface area contributed by atoms with Crippen molar-refractivity contribution in [2.24, 2.45) is 7.05 Å². The van der Waals surface area contributed by atoms with Crippen molar-refractivity contribution in [3.8, 4) is 5.88 Å². The van der Waals surface area contributed by atoms with Gasteiger partial charge in [0.15, 0.2) is 0 Å². The Morgan fingerprint density at radius 3 is 2.64 bits per heavy atom. The molecular weight excluding hydrogens is 396 g/mol. The molecule has 28 heavy (non-hydrogen) atoms. The molecule has 2 aromatic heterocycles. The zero-order valence-corrected chi connectivity index (χ0v) is 16.6. The largest absolute Gasteiger partial charge is 0.488 e. The van der Waals surface area contributed by atoms with Crippen LogP contribution in [0, 0.1) is 6.42 Å². The van der Waals surface area contributed by atoms with Gasteiger partial charge in [-0.15, -0.1) is 13.9 Å². The lowest BCUT2D eigenvalue weighted by molar-refractivity contribution is -0.0993. The van der Waals surface area contributed by atoms with E-state index in [0.29, 0.717) is 18.1 Å². The maximum Gasteiger partial charge on any atom is 0.488 e. The first-order valence-corrected chi connectivity index (χ1v) is 8.97. The van der Waals surface area contributed by atoms with Gasteiger partial charge < -0.3 is 14.8 Å². The molecule has 1 saturated heterocycles. The van der Waals surface area contributed by atoms with Gasteiger partial charge in [-0.2, -0.15) is 5.10 Å². The molecule has 1 amide bonds. The first kappa shape index (κ1) is 20.5. The number of hydrogen-bond acceptors (Lipinski definition) is 5. The highest BCUT2D eigenvalue weighted by Gasteiger charge is 2.31. The molecule has 0 bridgehead atoms. The fourth-order valence-corrected chi connectivity index (χ4v) is 2.92. The molecule has 2 aromatic rings. The normalized spacial score (nSPS) is 17.8. The molecule has 0 aliphatic carbocycles. The molecule has 1 aliphatic rings. The predicted octanol–water partition coefficient (Wildman–Crippen LogP) is 3.46. The Kier molecular flexibility index (Phi) is 5.37. The second kappa shape index (κ2) is 7.32. The summed E-state index contributed by atoms with van der Waals surface area (Å²) in [5, 5.41) is 11.1. The lowest BCUT2D eigenvalue weighted by Gasteiger charge is -2.22. The van der Waals surface area contributed by atoms with E-state index in [1.807, 2.05) is 27.2 Å². The number of rotatable bonds is 5. The van der Waals surface area contributed by atoms with Crippen LogP contribution in [0.1, 0.15) is 49.5 Å². The average Bonchev–Trinajstić information content (AvgIpc) is 3.23. The number of alkyl halides is 3. The lowest BCUT2D eigenvalue weighted by atomic mass is 10.1. The standard InChI is InChI=1S/C17H21ClF2N5O3/c1-16(2,3)25-13(8-10(22-25)12-6-5-7-27-12)21-15(26)11-9-14(23-24(11)4)28-17(18,19)20/h5,8-9,12H,6-7H2,1-4H3,(H,21,26)/t12-/m1/s1. The van der Waals surface area contributed by atoms with Crippen LogP contribution in [0.2, 0.25) is 0 Å². The highest BCUT2D eigenvalue weighted by molar-refractivity contribution is 6.20. The second-order valence-corrected chi connectivity index (χ2v) is 7.82. The van der Waals surface area contributed by atoms with Gasteiger partial charge in [0.1, 0.15) is 17.6 Å². The van der Waals surface area contributed by atoms with Crippen molar-refractivity contribution in [3.05, 3.63) is 29.9 Å². The predicted molar refractivity (Wildman–Crippen MR) is 97.4 cm³/mol. The van der Waals surface area contributed by atoms with E-state index in [-0.39, 0.29) is 11.8 Å². The third-order valence-corrected chi connectivity index (χ3v) is 4.12. The van der Waals surface area contributed by atoms with Crippen LogP contribution in [0.4, 0.5) is 14.6 Å². The van der Waals surface area contributed by atoms with Gasteiger partial charge in [0.2, 0.25) is 5.88 Å². The van der Waals surface area contributed by atoms with Crippen LogP contribution in [0.5, 0.6) is 5.88 Å². The molecule has 11 heteroatoms. The third-order valence-electron chi connectivity index (χ3n) is 4.04. The van der Waals surface area contributed by atoms with Crippen molar-refractivity contribution in [1.29, 1.82) is 0 Å². The number of hydrogen-bond donors (Lipinski definition) is 1. The SMILES string of the molecule is Cn1nc(OC(F)(F)Cl)cc1C(=O)Nc1cc([C@H]2C[CH]CO2)nn1C(C)(C)C. The minimum absolute atomic E-state index is 0.0181. The van der Waals surface area contributed by atoms with Gasteiger partial charge in [0.05, 0.1) is 17.8 Å². The summed E-state index contributed by atoms with van der Waals surface area (Å²) in [6.07, 6.45) is 2.59.